The number of carbonyl (C=O) groups is 1. The van der Waals surface area contributed by atoms with Crippen LogP contribution in [-0.4, -0.2) is 46.8 Å². The van der Waals surface area contributed by atoms with Crippen molar-refractivity contribution in [3.8, 4) is 0 Å². The van der Waals surface area contributed by atoms with E-state index in [1.54, 1.807) is 4.90 Å². The van der Waals surface area contributed by atoms with Gasteiger partial charge in [0, 0.05) is 37.3 Å². The molecule has 1 fully saturated rings. The number of nitro groups is 1. The van der Waals surface area contributed by atoms with Crippen LogP contribution in [0, 0.1) is 10.1 Å². The Morgan fingerprint density at radius 2 is 1.42 bits per heavy atom. The maximum atomic E-state index is 13.0. The van der Waals surface area contributed by atoms with Crippen molar-refractivity contribution in [3.05, 3.63) is 111 Å². The predicted molar refractivity (Wildman–Crippen MR) is 120 cm³/mol. The fourth-order valence-electron chi connectivity index (χ4n) is 4.08. The summed E-state index contributed by atoms with van der Waals surface area (Å²) in [6.45, 7) is 2.29. The average molecular weight is 436 g/mol. The minimum Gasteiger partial charge on any atom is -0.336 e. The van der Waals surface area contributed by atoms with Crippen molar-refractivity contribution in [2.24, 2.45) is 0 Å². The molecule has 0 bridgehead atoms. The molecule has 1 amide bonds. The smallest absolute Gasteiger partial charge is 0.282 e. The minimum atomic E-state index is -0.541. The van der Waals surface area contributed by atoms with Gasteiger partial charge in [-0.25, -0.2) is 0 Å². The van der Waals surface area contributed by atoms with E-state index < -0.39 is 4.92 Å². The van der Waals surface area contributed by atoms with Crippen molar-refractivity contribution in [3.63, 3.8) is 0 Å². The number of hydrogen-bond acceptors (Lipinski definition) is 4. The second-order valence-electron chi connectivity index (χ2n) is 7.47. The van der Waals surface area contributed by atoms with Crippen molar-refractivity contribution in [1.82, 2.24) is 9.80 Å². The number of halogens is 1. The molecule has 1 heterocycles. The Morgan fingerprint density at radius 3 is 1.94 bits per heavy atom. The Bertz CT molecular complexity index is 1030. The van der Waals surface area contributed by atoms with Gasteiger partial charge in [-0.2, -0.15) is 0 Å². The fourth-order valence-corrected chi connectivity index (χ4v) is 4.25. The van der Waals surface area contributed by atoms with E-state index in [1.165, 1.54) is 29.3 Å². The van der Waals surface area contributed by atoms with Gasteiger partial charge in [0.1, 0.15) is 5.56 Å². The number of carbonyl (C=O) groups excluding carboxylic acids is 1. The zero-order valence-electron chi connectivity index (χ0n) is 16.9. The molecule has 0 spiro atoms. The van der Waals surface area contributed by atoms with Crippen LogP contribution in [0.15, 0.2) is 78.9 Å². The van der Waals surface area contributed by atoms with Crippen LogP contribution in [-0.2, 0) is 0 Å². The van der Waals surface area contributed by atoms with E-state index in [4.69, 9.17) is 11.6 Å². The van der Waals surface area contributed by atoms with Crippen LogP contribution in [0.5, 0.6) is 0 Å². The van der Waals surface area contributed by atoms with E-state index in [2.05, 4.69) is 29.2 Å². The van der Waals surface area contributed by atoms with Gasteiger partial charge in [0.05, 0.1) is 11.0 Å². The Hall–Kier alpha value is -3.22. The first-order chi connectivity index (χ1) is 15.0. The first-order valence-corrected chi connectivity index (χ1v) is 10.5. The number of hydrogen-bond donors (Lipinski definition) is 0. The van der Waals surface area contributed by atoms with E-state index in [0.29, 0.717) is 31.2 Å². The highest BCUT2D eigenvalue weighted by Gasteiger charge is 2.31. The molecule has 6 nitrogen and oxygen atoms in total. The first kappa shape index (κ1) is 21.0. The largest absolute Gasteiger partial charge is 0.336 e. The Kier molecular flexibility index (Phi) is 6.30. The maximum absolute atomic E-state index is 13.0. The van der Waals surface area contributed by atoms with Gasteiger partial charge in [0.2, 0.25) is 0 Å². The molecule has 0 radical (unpaired) electrons. The number of piperazine rings is 1. The molecule has 3 aromatic rings. The highest BCUT2D eigenvalue weighted by Crippen LogP contribution is 2.30. The van der Waals surface area contributed by atoms with E-state index in [1.807, 2.05) is 36.4 Å². The van der Waals surface area contributed by atoms with E-state index >= 15 is 0 Å². The summed E-state index contributed by atoms with van der Waals surface area (Å²) in [5, 5.41) is 11.7. The second-order valence-corrected chi connectivity index (χ2v) is 7.91. The van der Waals surface area contributed by atoms with E-state index in [0.717, 1.165) is 0 Å². The monoisotopic (exact) mass is 435 g/mol. The van der Waals surface area contributed by atoms with Crippen molar-refractivity contribution in [2.45, 2.75) is 6.04 Å². The number of rotatable bonds is 5. The van der Waals surface area contributed by atoms with Crippen LogP contribution in [0.1, 0.15) is 27.5 Å². The van der Waals surface area contributed by atoms with Gasteiger partial charge < -0.3 is 4.90 Å². The third-order valence-corrected chi connectivity index (χ3v) is 5.82. The van der Waals surface area contributed by atoms with Crippen LogP contribution < -0.4 is 0 Å². The molecule has 0 aliphatic carbocycles. The molecule has 0 aromatic heterocycles. The molecule has 1 saturated heterocycles. The summed E-state index contributed by atoms with van der Waals surface area (Å²) in [5.41, 5.74) is 2.20. The van der Waals surface area contributed by atoms with Gasteiger partial charge in [0.15, 0.2) is 0 Å². The quantitative estimate of drug-likeness (QED) is 0.426. The van der Waals surface area contributed by atoms with Crippen molar-refractivity contribution >= 4 is 23.2 Å². The molecule has 0 unspecified atom stereocenters. The zero-order chi connectivity index (χ0) is 21.8. The van der Waals surface area contributed by atoms with E-state index in [-0.39, 0.29) is 23.2 Å². The number of nitrogens with zero attached hydrogens (tertiary/aromatic N) is 3. The lowest BCUT2D eigenvalue weighted by Crippen LogP contribution is -2.50. The van der Waals surface area contributed by atoms with Crippen LogP contribution in [0.2, 0.25) is 5.02 Å². The van der Waals surface area contributed by atoms with Gasteiger partial charge in [0.25, 0.3) is 11.6 Å². The van der Waals surface area contributed by atoms with Gasteiger partial charge in [-0.1, -0.05) is 72.3 Å². The van der Waals surface area contributed by atoms with Crippen molar-refractivity contribution in [1.29, 1.82) is 0 Å². The van der Waals surface area contributed by atoms with Crippen LogP contribution in [0.25, 0.3) is 0 Å². The predicted octanol–water partition coefficient (Wildman–Crippen LogP) is 4.80. The molecule has 4 rings (SSSR count). The zero-order valence-corrected chi connectivity index (χ0v) is 17.6. The Balaban J connectivity index is 1.54. The molecule has 1 aliphatic rings. The molecule has 0 N–H and O–H groups in total. The normalized spacial score (nSPS) is 14.6. The second kappa shape index (κ2) is 9.29. The average Bonchev–Trinajstić information content (AvgIpc) is 2.80. The first-order valence-electron chi connectivity index (χ1n) is 10.1. The lowest BCUT2D eigenvalue weighted by molar-refractivity contribution is -0.385. The molecule has 158 valence electrons. The summed E-state index contributed by atoms with van der Waals surface area (Å²) in [6, 6.07) is 24.8. The molecule has 1 aliphatic heterocycles. The fraction of sp³-hybridized carbons (Fsp3) is 0.208. The maximum Gasteiger partial charge on any atom is 0.282 e. The minimum absolute atomic E-state index is 0.0358. The molecule has 31 heavy (non-hydrogen) atoms. The number of benzene rings is 3. The summed E-state index contributed by atoms with van der Waals surface area (Å²) < 4.78 is 0. The Morgan fingerprint density at radius 1 is 0.871 bits per heavy atom. The van der Waals surface area contributed by atoms with E-state index in [9.17, 15) is 14.9 Å². The highest BCUT2D eigenvalue weighted by molar-refractivity contribution is 6.31. The Labute approximate surface area is 185 Å². The van der Waals surface area contributed by atoms with Gasteiger partial charge in [-0.15, -0.1) is 0 Å². The van der Waals surface area contributed by atoms with Crippen molar-refractivity contribution in [2.75, 3.05) is 26.2 Å². The summed E-state index contributed by atoms with van der Waals surface area (Å²) in [4.78, 5) is 27.9. The summed E-state index contributed by atoms with van der Waals surface area (Å²) in [6.07, 6.45) is 0. The molecule has 0 atom stereocenters. The topological polar surface area (TPSA) is 66.7 Å². The van der Waals surface area contributed by atoms with Gasteiger partial charge in [-0.05, 0) is 23.3 Å². The third-order valence-electron chi connectivity index (χ3n) is 5.58. The molecule has 0 saturated carbocycles. The van der Waals surface area contributed by atoms with Crippen LogP contribution >= 0.6 is 11.6 Å². The number of amides is 1. The highest BCUT2D eigenvalue weighted by atomic mass is 35.5. The van der Waals surface area contributed by atoms with Gasteiger partial charge >= 0.3 is 0 Å². The molecular weight excluding hydrogens is 414 g/mol. The standard InChI is InChI=1S/C24H22ClN3O3/c25-20-11-12-22(28(30)31)21(17-20)24(29)27-15-13-26(14-16-27)23(18-7-3-1-4-8-18)19-9-5-2-6-10-19/h1-12,17,23H,13-16H2. The van der Waals surface area contributed by atoms with Gasteiger partial charge in [-0.3, -0.25) is 19.8 Å². The third kappa shape index (κ3) is 4.60. The summed E-state index contributed by atoms with van der Waals surface area (Å²) in [5.74, 6) is -0.357. The molecule has 3 aromatic carbocycles. The molecule has 7 heteroatoms. The van der Waals surface area contributed by atoms with Crippen molar-refractivity contribution < 1.29 is 9.72 Å². The lowest BCUT2D eigenvalue weighted by atomic mass is 9.96. The summed E-state index contributed by atoms with van der Waals surface area (Å²) in [7, 11) is 0. The summed E-state index contributed by atoms with van der Waals surface area (Å²) >= 11 is 6.00. The van der Waals surface area contributed by atoms with Crippen LogP contribution in [0.3, 0.4) is 0 Å². The molecular formula is C24H22ClN3O3. The SMILES string of the molecule is O=C(c1cc(Cl)ccc1[N+](=O)[O-])N1CCN(C(c2ccccc2)c2ccccc2)CC1. The van der Waals surface area contributed by atoms with Crippen LogP contribution in [0.4, 0.5) is 5.69 Å². The lowest BCUT2D eigenvalue weighted by Gasteiger charge is -2.39. The number of nitro benzene ring substituents is 1.